The fourth-order valence-electron chi connectivity index (χ4n) is 3.55. The Kier molecular flexibility index (Phi) is 4.47. The van der Waals surface area contributed by atoms with E-state index in [1.165, 1.54) is 21.2 Å². The lowest BCUT2D eigenvalue weighted by molar-refractivity contribution is -0.121. The zero-order valence-corrected chi connectivity index (χ0v) is 14.9. The van der Waals surface area contributed by atoms with Gasteiger partial charge in [0.2, 0.25) is 5.91 Å². The van der Waals surface area contributed by atoms with Crippen LogP contribution < -0.4 is 5.32 Å². The van der Waals surface area contributed by atoms with Crippen LogP contribution in [0.5, 0.6) is 0 Å². The van der Waals surface area contributed by atoms with Crippen LogP contribution in [0.15, 0.2) is 73.3 Å². The van der Waals surface area contributed by atoms with E-state index in [4.69, 9.17) is 0 Å². The summed E-state index contributed by atoms with van der Waals surface area (Å²) in [4.78, 5) is 26.3. The molecule has 1 heterocycles. The molecule has 1 aliphatic heterocycles. The van der Waals surface area contributed by atoms with Gasteiger partial charge >= 0.3 is 0 Å². The van der Waals surface area contributed by atoms with E-state index in [2.05, 4.69) is 36.2 Å². The molecule has 4 nitrogen and oxygen atoms in total. The minimum absolute atomic E-state index is 0.0120. The minimum atomic E-state index is -0.183. The van der Waals surface area contributed by atoms with Crippen molar-refractivity contribution in [3.63, 3.8) is 0 Å². The van der Waals surface area contributed by atoms with E-state index in [1.807, 2.05) is 36.4 Å². The topological polar surface area (TPSA) is 49.4 Å². The SMILES string of the molecule is C=C1c2ccccc2C(=O)N1CC(=O)NCCc1cccc2ccccc12. The van der Waals surface area contributed by atoms with Gasteiger partial charge in [0.05, 0.1) is 0 Å². The fourth-order valence-corrected chi connectivity index (χ4v) is 3.55. The second kappa shape index (κ2) is 7.08. The Bertz CT molecular complexity index is 1010. The maximum absolute atomic E-state index is 12.5. The average Bonchev–Trinajstić information content (AvgIpc) is 2.93. The molecule has 0 saturated carbocycles. The van der Waals surface area contributed by atoms with Gasteiger partial charge in [-0.25, -0.2) is 0 Å². The third kappa shape index (κ3) is 3.22. The van der Waals surface area contributed by atoms with Gasteiger partial charge in [0.1, 0.15) is 6.54 Å². The minimum Gasteiger partial charge on any atom is -0.354 e. The van der Waals surface area contributed by atoms with Crippen LogP contribution >= 0.6 is 0 Å². The normalized spacial score (nSPS) is 13.1. The standard InChI is InChI=1S/C23H20N2O2/c1-16-19-10-4-5-12-21(19)23(27)25(16)15-22(26)24-14-13-18-9-6-8-17-7-2-3-11-20(17)18/h2-12H,1,13-15H2,(H,24,26). The Hall–Kier alpha value is -3.40. The molecule has 3 aromatic rings. The Morgan fingerprint density at radius 3 is 2.44 bits per heavy atom. The highest BCUT2D eigenvalue weighted by atomic mass is 16.2. The van der Waals surface area contributed by atoms with Crippen molar-refractivity contribution in [3.05, 3.63) is 90.0 Å². The van der Waals surface area contributed by atoms with E-state index < -0.39 is 0 Å². The molecule has 0 spiro atoms. The van der Waals surface area contributed by atoms with Crippen LogP contribution in [-0.2, 0) is 11.2 Å². The summed E-state index contributed by atoms with van der Waals surface area (Å²) in [7, 11) is 0. The predicted octanol–water partition coefficient (Wildman–Crippen LogP) is 3.63. The van der Waals surface area contributed by atoms with Gasteiger partial charge in [0.15, 0.2) is 0 Å². The summed E-state index contributed by atoms with van der Waals surface area (Å²) in [6.45, 7) is 4.48. The Labute approximate surface area is 158 Å². The molecule has 0 bridgehead atoms. The van der Waals surface area contributed by atoms with Gasteiger partial charge in [-0.2, -0.15) is 0 Å². The van der Waals surface area contributed by atoms with E-state index in [1.54, 1.807) is 6.07 Å². The lowest BCUT2D eigenvalue weighted by Crippen LogP contribution is -2.37. The van der Waals surface area contributed by atoms with Crippen molar-refractivity contribution in [2.75, 3.05) is 13.1 Å². The Morgan fingerprint density at radius 1 is 0.926 bits per heavy atom. The molecule has 0 aromatic heterocycles. The van der Waals surface area contributed by atoms with Crippen LogP contribution in [0.4, 0.5) is 0 Å². The molecule has 2 amide bonds. The summed E-state index contributed by atoms with van der Waals surface area (Å²) in [5.41, 5.74) is 3.18. The molecule has 1 aliphatic rings. The first-order valence-electron chi connectivity index (χ1n) is 8.98. The third-order valence-corrected chi connectivity index (χ3v) is 4.94. The number of benzene rings is 3. The van der Waals surface area contributed by atoms with E-state index in [-0.39, 0.29) is 18.4 Å². The first-order valence-corrected chi connectivity index (χ1v) is 8.98. The first kappa shape index (κ1) is 17.0. The summed E-state index contributed by atoms with van der Waals surface area (Å²) in [5, 5.41) is 5.31. The molecular weight excluding hydrogens is 336 g/mol. The zero-order chi connectivity index (χ0) is 18.8. The van der Waals surface area contributed by atoms with Crippen molar-refractivity contribution in [2.45, 2.75) is 6.42 Å². The molecule has 134 valence electrons. The first-order chi connectivity index (χ1) is 13.1. The molecular formula is C23H20N2O2. The van der Waals surface area contributed by atoms with Gasteiger partial charge in [0, 0.05) is 23.4 Å². The summed E-state index contributed by atoms with van der Waals surface area (Å²) < 4.78 is 0. The molecule has 0 radical (unpaired) electrons. The highest BCUT2D eigenvalue weighted by Crippen LogP contribution is 2.30. The van der Waals surface area contributed by atoms with Gasteiger partial charge in [-0.3, -0.25) is 14.5 Å². The molecule has 4 heteroatoms. The van der Waals surface area contributed by atoms with E-state index in [9.17, 15) is 9.59 Å². The van der Waals surface area contributed by atoms with Gasteiger partial charge in [-0.15, -0.1) is 0 Å². The zero-order valence-electron chi connectivity index (χ0n) is 14.9. The van der Waals surface area contributed by atoms with Gasteiger partial charge in [-0.05, 0) is 28.8 Å². The van der Waals surface area contributed by atoms with E-state index in [0.29, 0.717) is 17.8 Å². The smallest absolute Gasteiger partial charge is 0.259 e. The quantitative estimate of drug-likeness (QED) is 0.759. The summed E-state index contributed by atoms with van der Waals surface area (Å²) in [6, 6.07) is 21.7. The van der Waals surface area contributed by atoms with Crippen molar-refractivity contribution < 1.29 is 9.59 Å². The fraction of sp³-hybridized carbons (Fsp3) is 0.130. The van der Waals surface area contributed by atoms with Crippen LogP contribution in [0.3, 0.4) is 0 Å². The van der Waals surface area contributed by atoms with Crippen LogP contribution in [0.1, 0.15) is 21.5 Å². The molecule has 0 saturated heterocycles. The Balaban J connectivity index is 1.37. The Morgan fingerprint density at radius 2 is 1.63 bits per heavy atom. The molecule has 3 aromatic carbocycles. The summed E-state index contributed by atoms with van der Waals surface area (Å²) >= 11 is 0. The molecule has 4 rings (SSSR count). The van der Waals surface area contributed by atoms with Crippen molar-refractivity contribution in [1.29, 1.82) is 0 Å². The molecule has 0 aliphatic carbocycles. The van der Waals surface area contributed by atoms with Gasteiger partial charge in [-0.1, -0.05) is 67.2 Å². The maximum Gasteiger partial charge on any atom is 0.259 e. The van der Waals surface area contributed by atoms with Gasteiger partial charge in [0.25, 0.3) is 5.91 Å². The molecule has 0 fully saturated rings. The number of carbonyl (C=O) groups excluding carboxylic acids is 2. The highest BCUT2D eigenvalue weighted by Gasteiger charge is 2.31. The summed E-state index contributed by atoms with van der Waals surface area (Å²) in [6.07, 6.45) is 0.738. The van der Waals surface area contributed by atoms with Crippen LogP contribution in [-0.4, -0.2) is 29.8 Å². The largest absolute Gasteiger partial charge is 0.354 e. The number of carbonyl (C=O) groups is 2. The maximum atomic E-state index is 12.5. The summed E-state index contributed by atoms with van der Waals surface area (Å²) in [5.74, 6) is -0.350. The average molecular weight is 356 g/mol. The van der Waals surface area contributed by atoms with Crippen molar-refractivity contribution in [1.82, 2.24) is 10.2 Å². The van der Waals surface area contributed by atoms with Crippen molar-refractivity contribution >= 4 is 28.3 Å². The van der Waals surface area contributed by atoms with Crippen LogP contribution in [0, 0.1) is 0 Å². The second-order valence-electron chi connectivity index (χ2n) is 6.62. The lowest BCUT2D eigenvalue weighted by Gasteiger charge is -2.17. The highest BCUT2D eigenvalue weighted by molar-refractivity contribution is 6.10. The third-order valence-electron chi connectivity index (χ3n) is 4.94. The number of nitrogens with zero attached hydrogens (tertiary/aromatic N) is 1. The van der Waals surface area contributed by atoms with E-state index in [0.717, 1.165) is 12.0 Å². The number of hydrogen-bond acceptors (Lipinski definition) is 2. The van der Waals surface area contributed by atoms with E-state index >= 15 is 0 Å². The number of hydrogen-bond donors (Lipinski definition) is 1. The van der Waals surface area contributed by atoms with Crippen LogP contribution in [0.25, 0.3) is 16.5 Å². The van der Waals surface area contributed by atoms with Crippen LogP contribution in [0.2, 0.25) is 0 Å². The monoisotopic (exact) mass is 356 g/mol. The van der Waals surface area contributed by atoms with Gasteiger partial charge < -0.3 is 5.32 Å². The second-order valence-corrected chi connectivity index (χ2v) is 6.62. The number of amides is 2. The molecule has 1 N–H and O–H groups in total. The number of fused-ring (bicyclic) bond motifs is 2. The lowest BCUT2D eigenvalue weighted by atomic mass is 10.0. The van der Waals surface area contributed by atoms with Crippen molar-refractivity contribution in [2.24, 2.45) is 0 Å². The molecule has 27 heavy (non-hydrogen) atoms. The van der Waals surface area contributed by atoms with Crippen molar-refractivity contribution in [3.8, 4) is 0 Å². The number of nitrogens with one attached hydrogen (secondary N) is 1. The number of rotatable bonds is 5. The molecule has 0 unspecified atom stereocenters. The molecule has 0 atom stereocenters. The predicted molar refractivity (Wildman–Crippen MR) is 107 cm³/mol.